The number of unbranched alkanes of at least 4 members (excludes halogenated alkanes) is 5. The van der Waals surface area contributed by atoms with Gasteiger partial charge < -0.3 is 19.8 Å². The summed E-state index contributed by atoms with van der Waals surface area (Å²) in [6, 6.07) is 0. The van der Waals surface area contributed by atoms with E-state index in [4.69, 9.17) is 5.11 Å². The highest BCUT2D eigenvalue weighted by Crippen LogP contribution is 2.23. The number of hydrogen-bond acceptors (Lipinski definition) is 3. The normalized spacial score (nSPS) is 16.1. The van der Waals surface area contributed by atoms with E-state index >= 15 is 0 Å². The number of nitrogens with zero attached hydrogens (tertiary/aromatic N) is 1. The average Bonchev–Trinajstić information content (AvgIpc) is 2.37. The molecular weight excluding hydrogens is 294 g/mol. The van der Waals surface area contributed by atoms with Gasteiger partial charge in [-0.2, -0.15) is 0 Å². The molecule has 0 spiro atoms. The molecule has 0 heterocycles. The van der Waals surface area contributed by atoms with E-state index in [-0.39, 0.29) is 6.42 Å². The van der Waals surface area contributed by atoms with Gasteiger partial charge in [0.1, 0.15) is 12.1 Å². The van der Waals surface area contributed by atoms with Crippen LogP contribution in [0.25, 0.3) is 0 Å². The highest BCUT2D eigenvalue weighted by Gasteiger charge is 2.36. The molecule has 0 rings (SSSR count). The first-order chi connectivity index (χ1) is 10.6. The second kappa shape index (κ2) is 11.0. The molecular formula is C18H38NO4+. The summed E-state index contributed by atoms with van der Waals surface area (Å²) in [6.07, 6.45) is 7.91. The van der Waals surface area contributed by atoms with E-state index in [2.05, 4.69) is 6.92 Å². The Balaban J connectivity index is 4.16. The van der Waals surface area contributed by atoms with Crippen LogP contribution in [0.3, 0.4) is 0 Å². The number of carboxylic acids is 1. The predicted molar refractivity (Wildman–Crippen MR) is 93.3 cm³/mol. The van der Waals surface area contributed by atoms with Crippen LogP contribution in [0.2, 0.25) is 0 Å². The molecule has 0 radical (unpaired) electrons. The summed E-state index contributed by atoms with van der Waals surface area (Å²) in [5.74, 6) is -0.994. The Bertz CT molecular complexity index is 327. The molecule has 0 aromatic heterocycles. The smallest absolute Gasteiger partial charge is 0.306 e. The molecule has 2 atom stereocenters. The zero-order chi connectivity index (χ0) is 17.9. The van der Waals surface area contributed by atoms with E-state index in [1.165, 1.54) is 25.7 Å². The molecule has 2 unspecified atom stereocenters. The molecule has 5 heteroatoms. The van der Waals surface area contributed by atoms with Crippen LogP contribution in [0.4, 0.5) is 0 Å². The van der Waals surface area contributed by atoms with Gasteiger partial charge in [0.2, 0.25) is 0 Å². The van der Waals surface area contributed by atoms with E-state index in [1.54, 1.807) is 0 Å². The number of aliphatic hydroxyl groups excluding tert-OH is 1. The zero-order valence-electron chi connectivity index (χ0n) is 15.6. The number of rotatable bonds is 14. The number of aliphatic carboxylic acids is 1. The lowest BCUT2D eigenvalue weighted by molar-refractivity contribution is -0.877. The van der Waals surface area contributed by atoms with Gasteiger partial charge in [-0.1, -0.05) is 45.4 Å². The Morgan fingerprint density at radius 2 is 1.61 bits per heavy atom. The van der Waals surface area contributed by atoms with Crippen molar-refractivity contribution in [1.29, 1.82) is 0 Å². The van der Waals surface area contributed by atoms with Crippen molar-refractivity contribution < 1.29 is 24.6 Å². The van der Waals surface area contributed by atoms with Crippen LogP contribution in [-0.4, -0.2) is 65.2 Å². The largest absolute Gasteiger partial charge is 0.481 e. The summed E-state index contributed by atoms with van der Waals surface area (Å²) in [6.45, 7) is 2.56. The summed E-state index contributed by atoms with van der Waals surface area (Å²) in [5, 5.41) is 29.7. The number of likely N-dealkylation sites (N-methyl/N-ethyl adjacent to an activating group) is 1. The number of carboxylic acid groups (broad SMARTS) is 1. The van der Waals surface area contributed by atoms with E-state index in [9.17, 15) is 15.0 Å². The van der Waals surface area contributed by atoms with Gasteiger partial charge in [-0.3, -0.25) is 4.79 Å². The lowest BCUT2D eigenvalue weighted by Crippen LogP contribution is -2.50. The molecule has 5 nitrogen and oxygen atoms in total. The minimum atomic E-state index is -1.26. The van der Waals surface area contributed by atoms with Gasteiger partial charge in [-0.25, -0.2) is 0 Å². The van der Waals surface area contributed by atoms with E-state index < -0.39 is 17.7 Å². The molecule has 0 fully saturated rings. The second-order valence-electron chi connectivity index (χ2n) is 7.99. The fraction of sp³-hybridized carbons (Fsp3) is 0.944. The van der Waals surface area contributed by atoms with E-state index in [0.717, 1.165) is 19.3 Å². The summed E-state index contributed by atoms with van der Waals surface area (Å²) < 4.78 is 0.497. The molecule has 23 heavy (non-hydrogen) atoms. The van der Waals surface area contributed by atoms with Crippen LogP contribution in [0.15, 0.2) is 0 Å². The number of quaternary nitrogens is 1. The predicted octanol–water partition coefficient (Wildman–Crippen LogP) is 2.79. The van der Waals surface area contributed by atoms with Crippen molar-refractivity contribution in [2.75, 3.05) is 27.7 Å². The van der Waals surface area contributed by atoms with Gasteiger partial charge in [0.15, 0.2) is 0 Å². The zero-order valence-corrected chi connectivity index (χ0v) is 15.6. The molecule has 0 saturated carbocycles. The van der Waals surface area contributed by atoms with Crippen LogP contribution >= 0.6 is 0 Å². The Hall–Kier alpha value is -0.650. The average molecular weight is 333 g/mol. The first kappa shape index (κ1) is 22.4. The summed E-state index contributed by atoms with van der Waals surface area (Å²) in [4.78, 5) is 11.0. The summed E-state index contributed by atoms with van der Waals surface area (Å²) >= 11 is 0. The van der Waals surface area contributed by atoms with E-state index in [1.807, 2.05) is 21.1 Å². The third-order valence-electron chi connectivity index (χ3n) is 4.08. The third kappa shape index (κ3) is 13.5. The van der Waals surface area contributed by atoms with Crippen molar-refractivity contribution in [2.45, 2.75) is 82.8 Å². The minimum absolute atomic E-state index is 0.272. The van der Waals surface area contributed by atoms with Gasteiger partial charge in [-0.05, 0) is 19.3 Å². The van der Waals surface area contributed by atoms with Crippen LogP contribution in [-0.2, 0) is 4.79 Å². The third-order valence-corrected chi connectivity index (χ3v) is 4.08. The fourth-order valence-corrected chi connectivity index (χ4v) is 3.13. The lowest BCUT2D eigenvalue weighted by atomic mass is 9.90. The first-order valence-corrected chi connectivity index (χ1v) is 9.01. The van der Waals surface area contributed by atoms with Crippen LogP contribution in [0.5, 0.6) is 0 Å². The molecule has 0 saturated heterocycles. The number of hydrogen-bond donors (Lipinski definition) is 3. The summed E-state index contributed by atoms with van der Waals surface area (Å²) in [7, 11) is 5.79. The maximum atomic E-state index is 11.0. The molecule has 0 bridgehead atoms. The van der Waals surface area contributed by atoms with Crippen molar-refractivity contribution in [3.63, 3.8) is 0 Å². The van der Waals surface area contributed by atoms with Crippen LogP contribution in [0, 0.1) is 0 Å². The Kier molecular flexibility index (Phi) is 10.7. The van der Waals surface area contributed by atoms with Crippen molar-refractivity contribution in [2.24, 2.45) is 0 Å². The minimum Gasteiger partial charge on any atom is -0.481 e. The summed E-state index contributed by atoms with van der Waals surface area (Å²) in [5.41, 5.74) is -1.26. The molecule has 0 aliphatic rings. The van der Waals surface area contributed by atoms with Gasteiger partial charge in [0, 0.05) is 0 Å². The molecule has 0 aromatic carbocycles. The van der Waals surface area contributed by atoms with Gasteiger partial charge in [0.05, 0.1) is 33.7 Å². The SMILES string of the molecule is CCCCCCCCC(O)CCC(O)(CC(=O)O)C[N+](C)(C)C. The second-order valence-corrected chi connectivity index (χ2v) is 7.99. The Morgan fingerprint density at radius 1 is 1.04 bits per heavy atom. The molecule has 138 valence electrons. The topological polar surface area (TPSA) is 77.8 Å². The molecule has 0 aromatic rings. The van der Waals surface area contributed by atoms with Crippen LogP contribution < -0.4 is 0 Å². The van der Waals surface area contributed by atoms with Crippen molar-refractivity contribution in [3.8, 4) is 0 Å². The van der Waals surface area contributed by atoms with Crippen molar-refractivity contribution in [3.05, 3.63) is 0 Å². The number of carbonyl (C=O) groups is 1. The monoisotopic (exact) mass is 332 g/mol. The molecule has 3 N–H and O–H groups in total. The van der Waals surface area contributed by atoms with Gasteiger partial charge >= 0.3 is 5.97 Å². The van der Waals surface area contributed by atoms with Gasteiger partial charge in [0.25, 0.3) is 0 Å². The first-order valence-electron chi connectivity index (χ1n) is 9.01. The van der Waals surface area contributed by atoms with E-state index in [0.29, 0.717) is 23.9 Å². The highest BCUT2D eigenvalue weighted by atomic mass is 16.4. The molecule has 0 aliphatic carbocycles. The van der Waals surface area contributed by atoms with Crippen molar-refractivity contribution in [1.82, 2.24) is 0 Å². The maximum absolute atomic E-state index is 11.0. The molecule has 0 amide bonds. The Labute approximate surface area is 141 Å². The highest BCUT2D eigenvalue weighted by molar-refractivity contribution is 5.68. The standard InChI is InChI=1S/C18H37NO4/c1-5-6-7-8-9-10-11-16(20)12-13-18(23,14-17(21)22)15-19(2,3)4/h16,20,23H,5-15H2,1-4H3/p+1. The quantitative estimate of drug-likeness (QED) is 0.338. The van der Waals surface area contributed by atoms with Gasteiger partial charge in [-0.15, -0.1) is 0 Å². The van der Waals surface area contributed by atoms with Crippen molar-refractivity contribution >= 4 is 5.97 Å². The lowest BCUT2D eigenvalue weighted by Gasteiger charge is -2.35. The maximum Gasteiger partial charge on any atom is 0.306 e. The Morgan fingerprint density at radius 3 is 2.13 bits per heavy atom. The molecule has 0 aliphatic heterocycles. The number of aliphatic hydroxyl groups is 2. The fourth-order valence-electron chi connectivity index (χ4n) is 3.13. The van der Waals surface area contributed by atoms with Crippen LogP contribution in [0.1, 0.15) is 71.1 Å².